The molecule has 0 heterocycles. The summed E-state index contributed by atoms with van der Waals surface area (Å²) < 4.78 is 0. The standard InChI is InChI=1S/C48H32/c1-2-12-30(13-3-1)44-38-20-6-7-21-39(38)45(48-42-25-10-15-29-14-9-24-41(43(29)42)47(44)48)32-17-8-16-31(28-32)33-26-27-40-35-19-5-4-18-34(35)37-23-11-22-36(33)46(37)40/h1-28,34-35,47-48H. The summed E-state index contributed by atoms with van der Waals surface area (Å²) in [5.41, 5.74) is 13.9. The highest BCUT2D eigenvalue weighted by atomic mass is 14.4. The van der Waals surface area contributed by atoms with Gasteiger partial charge in [-0.15, -0.1) is 0 Å². The second-order valence-corrected chi connectivity index (χ2v) is 13.9. The molecule has 4 unspecified atom stereocenters. The van der Waals surface area contributed by atoms with E-state index >= 15 is 0 Å². The zero-order valence-electron chi connectivity index (χ0n) is 26.5. The molecule has 4 aliphatic rings. The molecule has 4 atom stereocenters. The van der Waals surface area contributed by atoms with E-state index in [9.17, 15) is 0 Å². The van der Waals surface area contributed by atoms with E-state index in [1.807, 2.05) is 0 Å². The van der Waals surface area contributed by atoms with E-state index in [0.717, 1.165) is 0 Å². The van der Waals surface area contributed by atoms with E-state index in [-0.39, 0.29) is 11.8 Å². The average molecular weight is 609 g/mol. The van der Waals surface area contributed by atoms with Gasteiger partial charge in [-0.05, 0) is 93.7 Å². The van der Waals surface area contributed by atoms with Gasteiger partial charge in [-0.2, -0.15) is 0 Å². The van der Waals surface area contributed by atoms with Crippen molar-refractivity contribution in [2.75, 3.05) is 0 Å². The largest absolute Gasteiger partial charge is 0.0761 e. The van der Waals surface area contributed by atoms with Gasteiger partial charge in [-0.3, -0.25) is 0 Å². The predicted octanol–water partition coefficient (Wildman–Crippen LogP) is 10.3. The van der Waals surface area contributed by atoms with Crippen LogP contribution in [-0.2, 0) is 0 Å². The van der Waals surface area contributed by atoms with E-state index < -0.39 is 0 Å². The second-order valence-electron chi connectivity index (χ2n) is 13.9. The molecule has 0 N–H and O–H groups in total. The number of allylic oxidation sites excluding steroid dienone is 4. The third kappa shape index (κ3) is 3.50. The zero-order chi connectivity index (χ0) is 31.3. The highest BCUT2D eigenvalue weighted by molar-refractivity contribution is 6.04. The monoisotopic (exact) mass is 608 g/mol. The molecule has 4 aliphatic carbocycles. The van der Waals surface area contributed by atoms with Gasteiger partial charge in [-0.1, -0.05) is 164 Å². The van der Waals surface area contributed by atoms with Crippen LogP contribution in [0.15, 0.2) is 170 Å². The molecule has 7 aromatic rings. The SMILES string of the molecule is C1=CC2c3cccc4c(-c5cccc(C6=c7ccccc7=C(c7ccccc7)C7c8cccc9cccc(c89)C67)c5)ccc(c34)C2C=C1. The summed E-state index contributed by atoms with van der Waals surface area (Å²) in [5.74, 6) is 1.33. The minimum Gasteiger partial charge on any atom is -0.0761 e. The van der Waals surface area contributed by atoms with Gasteiger partial charge >= 0.3 is 0 Å². The quantitative estimate of drug-likeness (QED) is 0.187. The van der Waals surface area contributed by atoms with Crippen LogP contribution in [-0.4, -0.2) is 0 Å². The third-order valence-electron chi connectivity index (χ3n) is 11.6. The van der Waals surface area contributed by atoms with E-state index in [0.29, 0.717) is 11.8 Å². The van der Waals surface area contributed by atoms with Crippen molar-refractivity contribution in [3.05, 3.63) is 214 Å². The van der Waals surface area contributed by atoms with Gasteiger partial charge in [0.1, 0.15) is 0 Å². The van der Waals surface area contributed by atoms with Gasteiger partial charge in [0.25, 0.3) is 0 Å². The summed E-state index contributed by atoms with van der Waals surface area (Å²) in [7, 11) is 0. The summed E-state index contributed by atoms with van der Waals surface area (Å²) in [6.07, 6.45) is 9.19. The first-order valence-corrected chi connectivity index (χ1v) is 17.3. The van der Waals surface area contributed by atoms with Gasteiger partial charge in [0.2, 0.25) is 0 Å². The molecule has 0 fully saturated rings. The Morgan fingerprint density at radius 1 is 0.375 bits per heavy atom. The third-order valence-corrected chi connectivity index (χ3v) is 11.6. The maximum absolute atomic E-state index is 2.48. The van der Waals surface area contributed by atoms with Crippen LogP contribution >= 0.6 is 0 Å². The molecule has 11 rings (SSSR count). The fraction of sp³-hybridized carbons (Fsp3) is 0.0833. The first-order valence-electron chi connectivity index (χ1n) is 17.3. The van der Waals surface area contributed by atoms with Gasteiger partial charge in [0.15, 0.2) is 0 Å². The van der Waals surface area contributed by atoms with Crippen LogP contribution in [0, 0.1) is 0 Å². The predicted molar refractivity (Wildman–Crippen MR) is 200 cm³/mol. The Bertz CT molecular complexity index is 2660. The first-order chi connectivity index (χ1) is 23.8. The van der Waals surface area contributed by atoms with Crippen LogP contribution in [0.3, 0.4) is 0 Å². The van der Waals surface area contributed by atoms with Crippen molar-refractivity contribution in [2.24, 2.45) is 0 Å². The highest BCUT2D eigenvalue weighted by Crippen LogP contribution is 2.57. The number of hydrogen-bond donors (Lipinski definition) is 0. The van der Waals surface area contributed by atoms with E-state index in [2.05, 4.69) is 170 Å². The van der Waals surface area contributed by atoms with Crippen LogP contribution in [0.4, 0.5) is 0 Å². The molecule has 0 aromatic heterocycles. The number of hydrogen-bond acceptors (Lipinski definition) is 0. The van der Waals surface area contributed by atoms with Crippen molar-refractivity contribution in [1.82, 2.24) is 0 Å². The molecule has 0 heteroatoms. The van der Waals surface area contributed by atoms with Crippen LogP contribution < -0.4 is 10.4 Å². The van der Waals surface area contributed by atoms with Crippen molar-refractivity contribution < 1.29 is 0 Å². The Labute approximate surface area is 280 Å². The van der Waals surface area contributed by atoms with E-state index in [1.165, 1.54) is 87.6 Å². The lowest BCUT2D eigenvalue weighted by molar-refractivity contribution is 0.769. The van der Waals surface area contributed by atoms with Gasteiger partial charge in [0, 0.05) is 23.7 Å². The maximum Gasteiger partial charge on any atom is 0.0218 e. The molecule has 0 saturated heterocycles. The Morgan fingerprint density at radius 2 is 0.938 bits per heavy atom. The number of fused-ring (bicyclic) bond motifs is 7. The number of rotatable bonds is 3. The lowest BCUT2D eigenvalue weighted by Gasteiger charge is -2.32. The summed E-state index contributed by atoms with van der Waals surface area (Å²) in [5, 5.41) is 8.28. The molecular formula is C48H32. The molecule has 0 aliphatic heterocycles. The summed E-state index contributed by atoms with van der Waals surface area (Å²) in [6.45, 7) is 0. The Kier molecular flexibility index (Phi) is 5.43. The van der Waals surface area contributed by atoms with Crippen molar-refractivity contribution in [3.8, 4) is 11.1 Å². The molecule has 0 spiro atoms. The minimum atomic E-state index is 0.223. The molecule has 0 radical (unpaired) electrons. The topological polar surface area (TPSA) is 0 Å². The van der Waals surface area contributed by atoms with Crippen LogP contribution in [0.2, 0.25) is 0 Å². The lowest BCUT2D eigenvalue weighted by atomic mass is 9.70. The van der Waals surface area contributed by atoms with Crippen LogP contribution in [0.1, 0.15) is 57.1 Å². The van der Waals surface area contributed by atoms with Crippen molar-refractivity contribution in [2.45, 2.75) is 23.7 Å². The summed E-state index contributed by atoms with van der Waals surface area (Å²) >= 11 is 0. The molecule has 0 amide bonds. The summed E-state index contributed by atoms with van der Waals surface area (Å²) in [6, 6.07) is 55.3. The van der Waals surface area contributed by atoms with Crippen molar-refractivity contribution in [3.63, 3.8) is 0 Å². The molecule has 48 heavy (non-hydrogen) atoms. The molecule has 0 saturated carbocycles. The lowest BCUT2D eigenvalue weighted by Crippen LogP contribution is -2.38. The molecule has 0 bridgehead atoms. The van der Waals surface area contributed by atoms with Crippen LogP contribution in [0.5, 0.6) is 0 Å². The normalized spacial score (nSPS) is 21.1. The van der Waals surface area contributed by atoms with Crippen molar-refractivity contribution >= 4 is 32.7 Å². The smallest absolute Gasteiger partial charge is 0.0218 e. The van der Waals surface area contributed by atoms with Gasteiger partial charge in [0.05, 0.1) is 0 Å². The second kappa shape index (κ2) is 9.89. The van der Waals surface area contributed by atoms with Crippen LogP contribution in [0.25, 0.3) is 43.8 Å². The summed E-state index contributed by atoms with van der Waals surface area (Å²) in [4.78, 5) is 0. The first kappa shape index (κ1) is 26.4. The molecular weight excluding hydrogens is 577 g/mol. The minimum absolute atomic E-state index is 0.223. The van der Waals surface area contributed by atoms with Gasteiger partial charge < -0.3 is 0 Å². The highest BCUT2D eigenvalue weighted by Gasteiger charge is 2.42. The molecule has 224 valence electrons. The fourth-order valence-corrected chi connectivity index (χ4v) is 9.82. The molecule has 0 nitrogen and oxygen atoms in total. The molecule has 7 aromatic carbocycles. The van der Waals surface area contributed by atoms with E-state index in [4.69, 9.17) is 0 Å². The Hall–Kier alpha value is -5.72. The van der Waals surface area contributed by atoms with Crippen molar-refractivity contribution in [1.29, 1.82) is 0 Å². The van der Waals surface area contributed by atoms with Gasteiger partial charge in [-0.25, -0.2) is 0 Å². The maximum atomic E-state index is 2.48. The number of benzene rings is 7. The Balaban J connectivity index is 1.19. The average Bonchev–Trinajstić information content (AvgIpc) is 3.66. The Morgan fingerprint density at radius 3 is 1.67 bits per heavy atom. The van der Waals surface area contributed by atoms with E-state index in [1.54, 1.807) is 0 Å². The fourth-order valence-electron chi connectivity index (χ4n) is 9.82. The zero-order valence-corrected chi connectivity index (χ0v) is 26.5.